The molecule has 1 aromatic carbocycles. The normalized spacial score (nSPS) is 10.6. The Labute approximate surface area is 104 Å². The standard InChI is InChI=1S/C11H12ClN3S/c1-15-7-14-5-8(15)6-16-9-2-3-11(13)10(12)4-9/h2-5,7H,6,13H2,1H3. The Morgan fingerprint density at radius 3 is 2.94 bits per heavy atom. The lowest BCUT2D eigenvalue weighted by atomic mass is 10.3. The topological polar surface area (TPSA) is 43.8 Å². The van der Waals surface area contributed by atoms with Crippen molar-refractivity contribution in [2.24, 2.45) is 7.05 Å². The van der Waals surface area contributed by atoms with Crippen molar-refractivity contribution in [1.82, 2.24) is 9.55 Å². The summed E-state index contributed by atoms with van der Waals surface area (Å²) >= 11 is 7.66. The van der Waals surface area contributed by atoms with Gasteiger partial charge in [0.15, 0.2) is 0 Å². The van der Waals surface area contributed by atoms with E-state index in [0.717, 1.165) is 10.6 Å². The Morgan fingerprint density at radius 2 is 2.31 bits per heavy atom. The van der Waals surface area contributed by atoms with Crippen LogP contribution in [0.4, 0.5) is 5.69 Å². The maximum atomic E-state index is 5.95. The molecule has 0 saturated carbocycles. The number of imidazole rings is 1. The lowest BCUT2D eigenvalue weighted by Gasteiger charge is -2.04. The van der Waals surface area contributed by atoms with Crippen molar-refractivity contribution in [2.45, 2.75) is 10.6 Å². The largest absolute Gasteiger partial charge is 0.398 e. The van der Waals surface area contributed by atoms with E-state index in [1.807, 2.05) is 36.0 Å². The lowest BCUT2D eigenvalue weighted by molar-refractivity contribution is 0.867. The molecule has 2 aromatic rings. The average Bonchev–Trinajstić information content (AvgIpc) is 2.66. The Morgan fingerprint density at radius 1 is 1.50 bits per heavy atom. The van der Waals surface area contributed by atoms with Gasteiger partial charge in [0.1, 0.15) is 0 Å². The minimum absolute atomic E-state index is 0.606. The van der Waals surface area contributed by atoms with E-state index in [1.165, 1.54) is 5.69 Å². The summed E-state index contributed by atoms with van der Waals surface area (Å²) in [5.41, 5.74) is 7.44. The Kier molecular flexibility index (Phi) is 3.41. The maximum Gasteiger partial charge on any atom is 0.0945 e. The van der Waals surface area contributed by atoms with Crippen molar-refractivity contribution < 1.29 is 0 Å². The van der Waals surface area contributed by atoms with E-state index in [2.05, 4.69) is 4.98 Å². The zero-order chi connectivity index (χ0) is 11.5. The van der Waals surface area contributed by atoms with E-state index < -0.39 is 0 Å². The number of nitrogen functional groups attached to an aromatic ring is 1. The number of nitrogens with zero attached hydrogens (tertiary/aromatic N) is 2. The number of nitrogens with two attached hydrogens (primary N) is 1. The van der Waals surface area contributed by atoms with Crippen molar-refractivity contribution >= 4 is 29.1 Å². The summed E-state index contributed by atoms with van der Waals surface area (Å²) in [4.78, 5) is 5.18. The van der Waals surface area contributed by atoms with E-state index in [4.69, 9.17) is 17.3 Å². The van der Waals surface area contributed by atoms with E-state index in [9.17, 15) is 0 Å². The average molecular weight is 254 g/mol. The fourth-order valence-corrected chi connectivity index (χ4v) is 2.48. The first kappa shape index (κ1) is 11.4. The van der Waals surface area contributed by atoms with Crippen LogP contribution in [0.2, 0.25) is 5.02 Å². The summed E-state index contributed by atoms with van der Waals surface area (Å²) < 4.78 is 2.01. The minimum atomic E-state index is 0.606. The number of anilines is 1. The monoisotopic (exact) mass is 253 g/mol. The van der Waals surface area contributed by atoms with Gasteiger partial charge in [0.2, 0.25) is 0 Å². The van der Waals surface area contributed by atoms with E-state index in [-0.39, 0.29) is 0 Å². The number of hydrogen-bond acceptors (Lipinski definition) is 3. The lowest BCUT2D eigenvalue weighted by Crippen LogP contribution is -1.92. The number of hydrogen-bond donors (Lipinski definition) is 1. The second-order valence-corrected chi connectivity index (χ2v) is 4.92. The second kappa shape index (κ2) is 4.80. The van der Waals surface area contributed by atoms with Crippen LogP contribution < -0.4 is 5.73 Å². The highest BCUT2D eigenvalue weighted by Gasteiger charge is 2.02. The van der Waals surface area contributed by atoms with E-state index in [1.54, 1.807) is 18.1 Å². The first-order chi connectivity index (χ1) is 7.66. The second-order valence-electron chi connectivity index (χ2n) is 3.47. The van der Waals surface area contributed by atoms with Gasteiger partial charge < -0.3 is 10.3 Å². The molecule has 0 aliphatic carbocycles. The van der Waals surface area contributed by atoms with Gasteiger partial charge in [0.05, 0.1) is 17.0 Å². The van der Waals surface area contributed by atoms with Crippen LogP contribution in [0.15, 0.2) is 35.6 Å². The number of aryl methyl sites for hydroxylation is 1. The van der Waals surface area contributed by atoms with Gasteiger partial charge in [-0.1, -0.05) is 11.6 Å². The molecule has 0 unspecified atom stereocenters. The Bertz CT molecular complexity index is 496. The van der Waals surface area contributed by atoms with Crippen LogP contribution in [0.1, 0.15) is 5.69 Å². The van der Waals surface area contributed by atoms with Crippen molar-refractivity contribution in [3.8, 4) is 0 Å². The molecule has 0 spiro atoms. The predicted molar refractivity (Wildman–Crippen MR) is 68.6 cm³/mol. The smallest absolute Gasteiger partial charge is 0.0945 e. The quantitative estimate of drug-likeness (QED) is 0.676. The summed E-state index contributed by atoms with van der Waals surface area (Å²) in [5.74, 6) is 0.872. The summed E-state index contributed by atoms with van der Waals surface area (Å²) in [7, 11) is 1.98. The molecule has 16 heavy (non-hydrogen) atoms. The summed E-state index contributed by atoms with van der Waals surface area (Å²) in [5, 5.41) is 0.606. The first-order valence-electron chi connectivity index (χ1n) is 4.80. The molecule has 2 N–H and O–H groups in total. The summed E-state index contributed by atoms with van der Waals surface area (Å²) in [6, 6.07) is 5.69. The highest BCUT2D eigenvalue weighted by molar-refractivity contribution is 7.98. The van der Waals surface area contributed by atoms with Crippen molar-refractivity contribution in [3.05, 3.63) is 41.4 Å². The highest BCUT2D eigenvalue weighted by atomic mass is 35.5. The Balaban J connectivity index is 2.05. The molecule has 1 heterocycles. The molecule has 0 aliphatic rings. The van der Waals surface area contributed by atoms with Crippen LogP contribution in [-0.2, 0) is 12.8 Å². The van der Waals surface area contributed by atoms with Crippen LogP contribution in [0, 0.1) is 0 Å². The van der Waals surface area contributed by atoms with E-state index >= 15 is 0 Å². The number of benzene rings is 1. The van der Waals surface area contributed by atoms with Gasteiger partial charge in [-0.15, -0.1) is 11.8 Å². The molecular formula is C11H12ClN3S. The number of halogens is 1. The van der Waals surface area contributed by atoms with Crippen molar-refractivity contribution in [1.29, 1.82) is 0 Å². The molecule has 3 nitrogen and oxygen atoms in total. The molecule has 5 heteroatoms. The fraction of sp³-hybridized carbons (Fsp3) is 0.182. The highest BCUT2D eigenvalue weighted by Crippen LogP contribution is 2.28. The molecule has 84 valence electrons. The zero-order valence-electron chi connectivity index (χ0n) is 8.85. The zero-order valence-corrected chi connectivity index (χ0v) is 10.4. The number of rotatable bonds is 3. The summed E-state index contributed by atoms with van der Waals surface area (Å²) in [6.45, 7) is 0. The van der Waals surface area contributed by atoms with Gasteiger partial charge >= 0.3 is 0 Å². The van der Waals surface area contributed by atoms with Gasteiger partial charge in [-0.05, 0) is 18.2 Å². The molecule has 0 aliphatic heterocycles. The molecule has 0 bridgehead atoms. The minimum Gasteiger partial charge on any atom is -0.398 e. The third-order valence-electron chi connectivity index (χ3n) is 2.28. The molecular weight excluding hydrogens is 242 g/mol. The molecule has 2 rings (SSSR count). The first-order valence-corrected chi connectivity index (χ1v) is 6.16. The third kappa shape index (κ3) is 2.51. The van der Waals surface area contributed by atoms with Gasteiger partial charge in [0.25, 0.3) is 0 Å². The van der Waals surface area contributed by atoms with Crippen molar-refractivity contribution in [3.63, 3.8) is 0 Å². The molecule has 0 radical (unpaired) electrons. The fourth-order valence-electron chi connectivity index (χ4n) is 1.28. The van der Waals surface area contributed by atoms with Crippen molar-refractivity contribution in [2.75, 3.05) is 5.73 Å². The number of thioether (sulfide) groups is 1. The molecule has 0 atom stereocenters. The Hall–Kier alpha value is -1.13. The molecule has 1 aromatic heterocycles. The molecule has 0 fully saturated rings. The molecule has 0 amide bonds. The number of aromatic nitrogens is 2. The summed E-state index contributed by atoms with van der Waals surface area (Å²) in [6.07, 6.45) is 3.66. The van der Waals surface area contributed by atoms with Crippen LogP contribution in [0.25, 0.3) is 0 Å². The van der Waals surface area contributed by atoms with Crippen LogP contribution in [-0.4, -0.2) is 9.55 Å². The third-order valence-corrected chi connectivity index (χ3v) is 3.63. The maximum absolute atomic E-state index is 5.95. The molecule has 0 saturated heterocycles. The SMILES string of the molecule is Cn1cncc1CSc1ccc(N)c(Cl)c1. The van der Waals surface area contributed by atoms with Crippen LogP contribution in [0.5, 0.6) is 0 Å². The van der Waals surface area contributed by atoms with E-state index in [0.29, 0.717) is 10.7 Å². The predicted octanol–water partition coefficient (Wildman–Crippen LogP) is 2.95. The van der Waals surface area contributed by atoms with Gasteiger partial charge in [-0.2, -0.15) is 0 Å². The van der Waals surface area contributed by atoms with Crippen LogP contribution in [0.3, 0.4) is 0 Å². The van der Waals surface area contributed by atoms with Gasteiger partial charge in [0, 0.05) is 29.6 Å². The van der Waals surface area contributed by atoms with Gasteiger partial charge in [-0.25, -0.2) is 4.98 Å². The van der Waals surface area contributed by atoms with Crippen LogP contribution >= 0.6 is 23.4 Å². The van der Waals surface area contributed by atoms with Gasteiger partial charge in [-0.3, -0.25) is 0 Å².